The lowest BCUT2D eigenvalue weighted by Gasteiger charge is -2.24. The van der Waals surface area contributed by atoms with Crippen LogP contribution in [0.25, 0.3) is 0 Å². The Bertz CT molecular complexity index is 475. The molecule has 1 unspecified atom stereocenters. The second-order valence-electron chi connectivity index (χ2n) is 5.39. The Hall–Kier alpha value is -1.62. The maximum absolute atomic E-state index is 11.2. The van der Waals surface area contributed by atoms with Gasteiger partial charge in [0.25, 0.3) is 5.69 Å². The van der Waals surface area contributed by atoms with E-state index in [1.807, 2.05) is 12.1 Å². The van der Waals surface area contributed by atoms with Crippen molar-refractivity contribution in [2.24, 2.45) is 11.1 Å². The molecule has 98 valence electrons. The van der Waals surface area contributed by atoms with E-state index in [9.17, 15) is 10.1 Å². The first-order chi connectivity index (χ1) is 8.47. The average Bonchev–Trinajstić information content (AvgIpc) is 2.72. The summed E-state index contributed by atoms with van der Waals surface area (Å²) in [5, 5.41) is 11.2. The molecule has 1 aromatic carbocycles. The molecule has 0 bridgehead atoms. The highest BCUT2D eigenvalue weighted by atomic mass is 16.6. The van der Waals surface area contributed by atoms with Gasteiger partial charge in [0, 0.05) is 18.7 Å². The highest BCUT2D eigenvalue weighted by molar-refractivity contribution is 5.67. The first-order valence-corrected chi connectivity index (χ1v) is 6.16. The summed E-state index contributed by atoms with van der Waals surface area (Å²) in [7, 11) is 0. The molecule has 1 heterocycles. The van der Waals surface area contributed by atoms with Crippen molar-refractivity contribution in [1.82, 2.24) is 0 Å². The Morgan fingerprint density at radius 3 is 2.83 bits per heavy atom. The quantitative estimate of drug-likeness (QED) is 0.657. The fourth-order valence-electron chi connectivity index (χ4n) is 2.53. The zero-order valence-corrected chi connectivity index (χ0v) is 10.8. The largest absolute Gasteiger partial charge is 0.365 e. The standard InChI is InChI=1S/C13H19N3O2/c1-10-4-3-5-11(12(10)16(17)18)15-7-6-13(2,8-14)9-15/h3-5H,6-9,14H2,1-2H3. The highest BCUT2D eigenvalue weighted by Crippen LogP contribution is 2.38. The van der Waals surface area contributed by atoms with E-state index in [0.29, 0.717) is 12.1 Å². The SMILES string of the molecule is Cc1cccc(N2CCC(C)(CN)C2)c1[N+](=O)[O-]. The third-order valence-corrected chi connectivity index (χ3v) is 3.79. The first-order valence-electron chi connectivity index (χ1n) is 6.16. The Morgan fingerprint density at radius 2 is 2.28 bits per heavy atom. The Balaban J connectivity index is 2.36. The maximum Gasteiger partial charge on any atom is 0.295 e. The van der Waals surface area contributed by atoms with E-state index in [1.165, 1.54) is 0 Å². The Morgan fingerprint density at radius 1 is 1.56 bits per heavy atom. The topological polar surface area (TPSA) is 72.4 Å². The van der Waals surface area contributed by atoms with Crippen molar-refractivity contribution >= 4 is 11.4 Å². The molecular weight excluding hydrogens is 230 g/mol. The molecule has 5 heteroatoms. The van der Waals surface area contributed by atoms with Crippen molar-refractivity contribution in [3.05, 3.63) is 33.9 Å². The monoisotopic (exact) mass is 249 g/mol. The van der Waals surface area contributed by atoms with Crippen LogP contribution >= 0.6 is 0 Å². The van der Waals surface area contributed by atoms with Crippen molar-refractivity contribution in [3.8, 4) is 0 Å². The number of anilines is 1. The second-order valence-corrected chi connectivity index (χ2v) is 5.39. The highest BCUT2D eigenvalue weighted by Gasteiger charge is 2.35. The molecule has 2 rings (SSSR count). The number of nitrogens with zero attached hydrogens (tertiary/aromatic N) is 2. The van der Waals surface area contributed by atoms with E-state index in [2.05, 4.69) is 11.8 Å². The van der Waals surface area contributed by atoms with Gasteiger partial charge >= 0.3 is 0 Å². The summed E-state index contributed by atoms with van der Waals surface area (Å²) in [4.78, 5) is 13.0. The van der Waals surface area contributed by atoms with Crippen LogP contribution in [0.5, 0.6) is 0 Å². The van der Waals surface area contributed by atoms with Crippen molar-refractivity contribution in [2.45, 2.75) is 20.3 Å². The number of nitrogens with two attached hydrogens (primary N) is 1. The smallest absolute Gasteiger partial charge is 0.295 e. The van der Waals surface area contributed by atoms with Gasteiger partial charge < -0.3 is 10.6 Å². The fourth-order valence-corrected chi connectivity index (χ4v) is 2.53. The van der Waals surface area contributed by atoms with Crippen molar-refractivity contribution in [2.75, 3.05) is 24.5 Å². The number of rotatable bonds is 3. The molecular formula is C13H19N3O2. The number of benzene rings is 1. The Kier molecular flexibility index (Phi) is 3.26. The molecule has 1 fully saturated rings. The lowest BCUT2D eigenvalue weighted by atomic mass is 9.90. The summed E-state index contributed by atoms with van der Waals surface area (Å²) in [6.45, 7) is 6.14. The van der Waals surface area contributed by atoms with E-state index in [4.69, 9.17) is 5.73 Å². The summed E-state index contributed by atoms with van der Waals surface area (Å²) in [5.74, 6) is 0. The summed E-state index contributed by atoms with van der Waals surface area (Å²) < 4.78 is 0. The zero-order valence-electron chi connectivity index (χ0n) is 10.8. The maximum atomic E-state index is 11.2. The number of para-hydroxylation sites is 1. The van der Waals surface area contributed by atoms with Gasteiger partial charge in [0.15, 0.2) is 0 Å². The van der Waals surface area contributed by atoms with Gasteiger partial charge in [0.2, 0.25) is 0 Å². The van der Waals surface area contributed by atoms with Gasteiger partial charge in [-0.1, -0.05) is 19.1 Å². The van der Waals surface area contributed by atoms with Gasteiger partial charge in [0.1, 0.15) is 5.69 Å². The van der Waals surface area contributed by atoms with Crippen LogP contribution in [0.4, 0.5) is 11.4 Å². The van der Waals surface area contributed by atoms with Crippen LogP contribution in [0.15, 0.2) is 18.2 Å². The van der Waals surface area contributed by atoms with Crippen LogP contribution in [0.3, 0.4) is 0 Å². The number of hydrogen-bond donors (Lipinski definition) is 1. The lowest BCUT2D eigenvalue weighted by Crippen LogP contribution is -2.31. The van der Waals surface area contributed by atoms with Gasteiger partial charge in [-0.25, -0.2) is 0 Å². The number of nitro groups is 1. The normalized spacial score (nSPS) is 23.4. The molecule has 0 spiro atoms. The van der Waals surface area contributed by atoms with Crippen molar-refractivity contribution in [3.63, 3.8) is 0 Å². The van der Waals surface area contributed by atoms with Gasteiger partial charge in [-0.3, -0.25) is 10.1 Å². The van der Waals surface area contributed by atoms with E-state index in [1.54, 1.807) is 13.0 Å². The summed E-state index contributed by atoms with van der Waals surface area (Å²) >= 11 is 0. The number of aryl methyl sites for hydroxylation is 1. The van der Waals surface area contributed by atoms with Gasteiger partial charge in [-0.05, 0) is 31.4 Å². The lowest BCUT2D eigenvalue weighted by molar-refractivity contribution is -0.384. The van der Waals surface area contributed by atoms with E-state index in [-0.39, 0.29) is 16.0 Å². The zero-order chi connectivity index (χ0) is 13.3. The molecule has 5 nitrogen and oxygen atoms in total. The third kappa shape index (κ3) is 2.18. The fraction of sp³-hybridized carbons (Fsp3) is 0.538. The van der Waals surface area contributed by atoms with Crippen LogP contribution in [0.2, 0.25) is 0 Å². The molecule has 0 aliphatic carbocycles. The van der Waals surface area contributed by atoms with Crippen LogP contribution in [0.1, 0.15) is 18.9 Å². The number of hydrogen-bond acceptors (Lipinski definition) is 4. The van der Waals surface area contributed by atoms with E-state index < -0.39 is 0 Å². The van der Waals surface area contributed by atoms with Crippen LogP contribution in [-0.4, -0.2) is 24.6 Å². The van der Waals surface area contributed by atoms with Crippen LogP contribution in [0, 0.1) is 22.5 Å². The predicted octanol–water partition coefficient (Wildman–Crippen LogP) is 2.08. The predicted molar refractivity (Wildman–Crippen MR) is 71.8 cm³/mol. The van der Waals surface area contributed by atoms with E-state index in [0.717, 1.165) is 25.2 Å². The summed E-state index contributed by atoms with van der Waals surface area (Å²) in [6.07, 6.45) is 0.981. The molecule has 18 heavy (non-hydrogen) atoms. The van der Waals surface area contributed by atoms with Crippen LogP contribution < -0.4 is 10.6 Å². The molecule has 2 N–H and O–H groups in total. The van der Waals surface area contributed by atoms with Gasteiger partial charge in [-0.15, -0.1) is 0 Å². The van der Waals surface area contributed by atoms with Crippen LogP contribution in [-0.2, 0) is 0 Å². The summed E-state index contributed by atoms with van der Waals surface area (Å²) in [5.41, 5.74) is 7.49. The average molecular weight is 249 g/mol. The van der Waals surface area contributed by atoms with Gasteiger partial charge in [0.05, 0.1) is 4.92 Å². The summed E-state index contributed by atoms with van der Waals surface area (Å²) in [6, 6.07) is 5.48. The minimum Gasteiger partial charge on any atom is -0.365 e. The first kappa shape index (κ1) is 12.8. The van der Waals surface area contributed by atoms with Crippen molar-refractivity contribution < 1.29 is 4.92 Å². The molecule has 1 aliphatic heterocycles. The Labute approximate surface area is 107 Å². The molecule has 1 aromatic rings. The molecule has 1 aliphatic rings. The van der Waals surface area contributed by atoms with Crippen molar-refractivity contribution in [1.29, 1.82) is 0 Å². The minimum atomic E-state index is -0.289. The number of nitro benzene ring substituents is 1. The van der Waals surface area contributed by atoms with E-state index >= 15 is 0 Å². The molecule has 0 amide bonds. The molecule has 1 atom stereocenters. The molecule has 1 saturated heterocycles. The molecule has 0 radical (unpaired) electrons. The molecule has 0 aromatic heterocycles. The molecule has 0 saturated carbocycles. The minimum absolute atomic E-state index is 0.0671. The van der Waals surface area contributed by atoms with Gasteiger partial charge in [-0.2, -0.15) is 0 Å². The third-order valence-electron chi connectivity index (χ3n) is 3.79. The second kappa shape index (κ2) is 4.57.